The number of H-pyrrole nitrogens is 1. The van der Waals surface area contributed by atoms with E-state index in [-0.39, 0.29) is 11.9 Å². The number of nitrogens with one attached hydrogen (secondary N) is 1. The lowest BCUT2D eigenvalue weighted by Crippen LogP contribution is -2.49. The Labute approximate surface area is 157 Å². The zero-order valence-electron chi connectivity index (χ0n) is 14.8. The summed E-state index contributed by atoms with van der Waals surface area (Å²) < 4.78 is 0. The molecule has 1 fully saturated rings. The Bertz CT molecular complexity index is 862. The lowest BCUT2D eigenvalue weighted by Gasteiger charge is -2.40. The van der Waals surface area contributed by atoms with E-state index in [1.54, 1.807) is 0 Å². The highest BCUT2D eigenvalue weighted by Crippen LogP contribution is 2.27. The fourth-order valence-corrected chi connectivity index (χ4v) is 4.16. The van der Waals surface area contributed by atoms with Crippen LogP contribution in [0.15, 0.2) is 59.8 Å². The summed E-state index contributed by atoms with van der Waals surface area (Å²) in [5.41, 5.74) is 3.13. The van der Waals surface area contributed by atoms with Gasteiger partial charge in [0, 0.05) is 19.6 Å². The minimum atomic E-state index is 0.110. The molecule has 1 N–H and O–H groups in total. The van der Waals surface area contributed by atoms with Crippen molar-refractivity contribution in [1.29, 1.82) is 0 Å². The van der Waals surface area contributed by atoms with E-state index in [4.69, 9.17) is 0 Å². The number of nitrogens with zero attached hydrogens (tertiary/aromatic N) is 3. The van der Waals surface area contributed by atoms with Crippen molar-refractivity contribution >= 4 is 28.7 Å². The summed E-state index contributed by atoms with van der Waals surface area (Å²) >= 11 is 1.47. The third kappa shape index (κ3) is 3.61. The molecule has 3 aromatic rings. The Kier molecular flexibility index (Phi) is 4.95. The first-order valence-corrected chi connectivity index (χ1v) is 9.80. The molecule has 1 aromatic heterocycles. The van der Waals surface area contributed by atoms with Crippen LogP contribution < -0.4 is 0 Å². The average Bonchev–Trinajstić information content (AvgIpc) is 3.10. The van der Waals surface area contributed by atoms with Crippen molar-refractivity contribution in [3.63, 3.8) is 0 Å². The minimum Gasteiger partial charge on any atom is -0.333 e. The molecular weight excluding hydrogens is 344 g/mol. The maximum atomic E-state index is 12.9. The van der Waals surface area contributed by atoms with Gasteiger partial charge in [0.05, 0.1) is 22.8 Å². The van der Waals surface area contributed by atoms with Crippen LogP contribution in [-0.2, 0) is 4.79 Å². The largest absolute Gasteiger partial charge is 0.333 e. The number of likely N-dealkylation sites (N-methyl/N-ethyl adjacent to an activating group) is 1. The van der Waals surface area contributed by atoms with Gasteiger partial charge >= 0.3 is 0 Å². The van der Waals surface area contributed by atoms with E-state index in [0.717, 1.165) is 35.8 Å². The van der Waals surface area contributed by atoms with Crippen LogP contribution in [0.4, 0.5) is 0 Å². The van der Waals surface area contributed by atoms with Crippen LogP contribution in [0.5, 0.6) is 0 Å². The number of rotatable bonds is 4. The second kappa shape index (κ2) is 7.51. The Morgan fingerprint density at radius 3 is 2.73 bits per heavy atom. The number of hydrogen-bond acceptors (Lipinski definition) is 4. The molecule has 1 atom stereocenters. The Balaban J connectivity index is 1.46. The van der Waals surface area contributed by atoms with Crippen LogP contribution in [0, 0.1) is 0 Å². The highest BCUT2D eigenvalue weighted by atomic mass is 32.2. The predicted octanol–water partition coefficient (Wildman–Crippen LogP) is 3.17. The number of aromatic amines is 1. The molecule has 1 unspecified atom stereocenters. The zero-order valence-corrected chi connectivity index (χ0v) is 15.6. The van der Waals surface area contributed by atoms with Gasteiger partial charge in [0.25, 0.3) is 0 Å². The second-order valence-corrected chi connectivity index (χ2v) is 7.59. The molecule has 1 aliphatic rings. The Morgan fingerprint density at radius 2 is 1.92 bits per heavy atom. The summed E-state index contributed by atoms with van der Waals surface area (Å²) in [4.78, 5) is 25.1. The summed E-state index contributed by atoms with van der Waals surface area (Å²) in [6.45, 7) is 2.53. The van der Waals surface area contributed by atoms with Crippen molar-refractivity contribution in [1.82, 2.24) is 19.8 Å². The first kappa shape index (κ1) is 17.1. The first-order chi connectivity index (χ1) is 12.7. The number of hydrogen-bond donors (Lipinski definition) is 1. The van der Waals surface area contributed by atoms with Crippen LogP contribution in [0.2, 0.25) is 0 Å². The predicted molar refractivity (Wildman–Crippen MR) is 105 cm³/mol. The summed E-state index contributed by atoms with van der Waals surface area (Å²) in [5.74, 6) is 0.560. The van der Waals surface area contributed by atoms with Crippen LogP contribution in [0.3, 0.4) is 0 Å². The van der Waals surface area contributed by atoms with E-state index in [0.29, 0.717) is 5.75 Å². The van der Waals surface area contributed by atoms with Crippen molar-refractivity contribution < 1.29 is 4.79 Å². The van der Waals surface area contributed by atoms with Gasteiger partial charge in [0.15, 0.2) is 5.16 Å². The molecular formula is C20H22N4OS. The molecule has 0 bridgehead atoms. The van der Waals surface area contributed by atoms with Gasteiger partial charge in [0.1, 0.15) is 0 Å². The fraction of sp³-hybridized carbons (Fsp3) is 0.300. The monoisotopic (exact) mass is 366 g/mol. The highest BCUT2D eigenvalue weighted by molar-refractivity contribution is 7.99. The van der Waals surface area contributed by atoms with Gasteiger partial charge in [-0.2, -0.15) is 0 Å². The van der Waals surface area contributed by atoms with Gasteiger partial charge in [-0.25, -0.2) is 4.98 Å². The summed E-state index contributed by atoms with van der Waals surface area (Å²) in [5, 5.41) is 0.796. The number of aromatic nitrogens is 2. The molecule has 0 saturated carbocycles. The number of para-hydroxylation sites is 2. The van der Waals surface area contributed by atoms with Crippen LogP contribution in [0.25, 0.3) is 11.0 Å². The van der Waals surface area contributed by atoms with Gasteiger partial charge in [-0.3, -0.25) is 4.79 Å². The number of thioether (sulfide) groups is 1. The molecule has 1 aliphatic heterocycles. The first-order valence-electron chi connectivity index (χ1n) is 8.81. The lowest BCUT2D eigenvalue weighted by molar-refractivity contribution is -0.133. The van der Waals surface area contributed by atoms with Crippen molar-refractivity contribution in [2.75, 3.05) is 32.4 Å². The molecule has 4 rings (SSSR count). The zero-order chi connectivity index (χ0) is 17.9. The van der Waals surface area contributed by atoms with Gasteiger partial charge in [-0.1, -0.05) is 54.2 Å². The van der Waals surface area contributed by atoms with Crippen LogP contribution in [-0.4, -0.2) is 58.1 Å². The van der Waals surface area contributed by atoms with Crippen LogP contribution in [0.1, 0.15) is 11.6 Å². The number of piperazine rings is 1. The van der Waals surface area contributed by atoms with Gasteiger partial charge in [-0.05, 0) is 24.7 Å². The molecule has 0 spiro atoms. The van der Waals surface area contributed by atoms with Crippen molar-refractivity contribution in [3.8, 4) is 0 Å². The molecule has 0 aliphatic carbocycles. The maximum absolute atomic E-state index is 12.9. The summed E-state index contributed by atoms with van der Waals surface area (Å²) in [6, 6.07) is 18.3. The SMILES string of the molecule is CN1CCN(C(=O)CSc2nc3ccccc3[nH]2)C(c2ccccc2)C1. The van der Waals surface area contributed by atoms with E-state index in [9.17, 15) is 4.79 Å². The number of carbonyl (C=O) groups excluding carboxylic acids is 1. The molecule has 2 heterocycles. The molecule has 1 amide bonds. The number of fused-ring (bicyclic) bond motifs is 1. The van der Waals surface area contributed by atoms with Crippen LogP contribution >= 0.6 is 11.8 Å². The van der Waals surface area contributed by atoms with Gasteiger partial charge in [0.2, 0.25) is 5.91 Å². The lowest BCUT2D eigenvalue weighted by atomic mass is 10.0. The quantitative estimate of drug-likeness (QED) is 0.721. The summed E-state index contributed by atoms with van der Waals surface area (Å²) in [6.07, 6.45) is 0. The Morgan fingerprint density at radius 1 is 1.15 bits per heavy atom. The number of amides is 1. The molecule has 6 heteroatoms. The van der Waals surface area contributed by atoms with E-state index in [1.165, 1.54) is 17.3 Å². The van der Waals surface area contributed by atoms with E-state index in [2.05, 4.69) is 34.0 Å². The number of carbonyl (C=O) groups is 1. The molecule has 1 saturated heterocycles. The van der Waals surface area contributed by atoms with Gasteiger partial charge < -0.3 is 14.8 Å². The molecule has 0 radical (unpaired) electrons. The standard InChI is InChI=1S/C20H22N4OS/c1-23-11-12-24(18(13-23)15-7-3-2-4-8-15)19(25)14-26-20-21-16-9-5-6-10-17(16)22-20/h2-10,18H,11-14H2,1H3,(H,21,22). The average molecular weight is 366 g/mol. The smallest absolute Gasteiger partial charge is 0.233 e. The molecule has 26 heavy (non-hydrogen) atoms. The Hall–Kier alpha value is -2.31. The molecule has 5 nitrogen and oxygen atoms in total. The van der Waals surface area contributed by atoms with Crippen molar-refractivity contribution in [3.05, 3.63) is 60.2 Å². The molecule has 2 aromatic carbocycles. The third-order valence-corrected chi connectivity index (χ3v) is 5.65. The second-order valence-electron chi connectivity index (χ2n) is 6.62. The van der Waals surface area contributed by atoms with Crippen molar-refractivity contribution in [2.45, 2.75) is 11.2 Å². The molecule has 134 valence electrons. The maximum Gasteiger partial charge on any atom is 0.233 e. The van der Waals surface area contributed by atoms with Crippen molar-refractivity contribution in [2.24, 2.45) is 0 Å². The fourth-order valence-electron chi connectivity index (χ4n) is 3.39. The van der Waals surface area contributed by atoms with E-state index >= 15 is 0 Å². The number of imidazole rings is 1. The van der Waals surface area contributed by atoms with Gasteiger partial charge in [-0.15, -0.1) is 0 Å². The van der Waals surface area contributed by atoms with E-state index in [1.807, 2.05) is 47.4 Å². The summed E-state index contributed by atoms with van der Waals surface area (Å²) in [7, 11) is 2.11. The van der Waals surface area contributed by atoms with E-state index < -0.39 is 0 Å². The highest BCUT2D eigenvalue weighted by Gasteiger charge is 2.30. The number of benzene rings is 2. The topological polar surface area (TPSA) is 52.2 Å². The normalized spacial score (nSPS) is 18.3. The third-order valence-electron chi connectivity index (χ3n) is 4.79. The minimum absolute atomic E-state index is 0.110.